The summed E-state index contributed by atoms with van der Waals surface area (Å²) in [5.74, 6) is 1.34. The highest BCUT2D eigenvalue weighted by Gasteiger charge is 2.18. The maximum atomic E-state index is 12.8. The lowest BCUT2D eigenvalue weighted by Crippen LogP contribution is -2.13. The molecule has 4 aromatic rings. The van der Waals surface area contributed by atoms with E-state index in [9.17, 15) is 8.42 Å². The Morgan fingerprint density at radius 1 is 0.741 bits per heavy atom. The van der Waals surface area contributed by atoms with Crippen molar-refractivity contribution in [2.24, 2.45) is 0 Å². The van der Waals surface area contributed by atoms with Crippen LogP contribution in [-0.4, -0.2) is 13.4 Å². The van der Waals surface area contributed by atoms with E-state index in [-0.39, 0.29) is 4.90 Å². The fourth-order valence-corrected chi connectivity index (χ4v) is 3.96. The molecule has 1 aromatic heterocycles. The van der Waals surface area contributed by atoms with Crippen molar-refractivity contribution in [2.45, 2.75) is 4.90 Å². The van der Waals surface area contributed by atoms with Crippen LogP contribution in [0.4, 0.5) is 5.69 Å². The second-order valence-corrected chi connectivity index (χ2v) is 7.53. The van der Waals surface area contributed by atoms with E-state index in [0.717, 1.165) is 5.39 Å². The Hall–Kier alpha value is -3.38. The minimum atomic E-state index is -3.76. The van der Waals surface area contributed by atoms with Gasteiger partial charge in [0.15, 0.2) is 0 Å². The number of sulfonamides is 1. The van der Waals surface area contributed by atoms with Gasteiger partial charge in [-0.2, -0.15) is 0 Å². The first-order valence-corrected chi connectivity index (χ1v) is 9.80. The van der Waals surface area contributed by atoms with Gasteiger partial charge in [0.1, 0.15) is 16.4 Å². The monoisotopic (exact) mass is 376 g/mol. The van der Waals surface area contributed by atoms with E-state index in [0.29, 0.717) is 22.7 Å². The Labute approximate surface area is 157 Å². The smallest absolute Gasteiger partial charge is 0.264 e. The van der Waals surface area contributed by atoms with Crippen LogP contribution in [0.3, 0.4) is 0 Å². The molecule has 5 nitrogen and oxygen atoms in total. The highest BCUT2D eigenvalue weighted by Crippen LogP contribution is 2.26. The molecule has 0 atom stereocenters. The molecule has 0 saturated heterocycles. The third-order valence-electron chi connectivity index (χ3n) is 3.97. The summed E-state index contributed by atoms with van der Waals surface area (Å²) in [5.41, 5.74) is 0.889. The molecule has 0 saturated carbocycles. The Morgan fingerprint density at radius 2 is 1.44 bits per heavy atom. The molecule has 0 unspecified atom stereocenters. The topological polar surface area (TPSA) is 68.3 Å². The van der Waals surface area contributed by atoms with Gasteiger partial charge in [-0.15, -0.1) is 0 Å². The van der Waals surface area contributed by atoms with Crippen molar-refractivity contribution < 1.29 is 13.2 Å². The number of rotatable bonds is 5. The van der Waals surface area contributed by atoms with Gasteiger partial charge in [0.25, 0.3) is 10.0 Å². The number of pyridine rings is 1. The fourth-order valence-electron chi connectivity index (χ4n) is 2.72. The molecule has 1 N–H and O–H groups in total. The summed E-state index contributed by atoms with van der Waals surface area (Å²) in [5, 5.41) is 0.770. The SMILES string of the molecule is O=S(=O)(Nc1ccc(Oc2ccccc2)cc1)c1cccc2cccnc12. The van der Waals surface area contributed by atoms with E-state index in [1.54, 1.807) is 48.7 Å². The number of hydrogen-bond donors (Lipinski definition) is 1. The molecule has 27 heavy (non-hydrogen) atoms. The summed E-state index contributed by atoms with van der Waals surface area (Å²) >= 11 is 0. The van der Waals surface area contributed by atoms with Gasteiger partial charge in [0, 0.05) is 17.3 Å². The molecule has 0 aliphatic heterocycles. The molecular formula is C21H16N2O3S. The lowest BCUT2D eigenvalue weighted by Gasteiger charge is -2.11. The molecule has 134 valence electrons. The van der Waals surface area contributed by atoms with Crippen LogP contribution < -0.4 is 9.46 Å². The summed E-state index contributed by atoms with van der Waals surface area (Å²) in [6.07, 6.45) is 1.58. The Bertz CT molecular complexity index is 1170. The zero-order valence-electron chi connectivity index (χ0n) is 14.2. The molecule has 0 fully saturated rings. The number of hydrogen-bond acceptors (Lipinski definition) is 4. The van der Waals surface area contributed by atoms with E-state index in [4.69, 9.17) is 4.74 Å². The number of benzene rings is 3. The first kappa shape index (κ1) is 17.1. The molecule has 6 heteroatoms. The van der Waals surface area contributed by atoms with Gasteiger partial charge < -0.3 is 4.74 Å². The first-order valence-electron chi connectivity index (χ1n) is 8.31. The van der Waals surface area contributed by atoms with Crippen molar-refractivity contribution in [3.63, 3.8) is 0 Å². The third kappa shape index (κ3) is 3.75. The van der Waals surface area contributed by atoms with Crippen molar-refractivity contribution in [1.29, 1.82) is 0 Å². The number of anilines is 1. The second-order valence-electron chi connectivity index (χ2n) is 5.88. The largest absolute Gasteiger partial charge is 0.457 e. The molecule has 0 radical (unpaired) electrons. The number of nitrogens with one attached hydrogen (secondary N) is 1. The number of ether oxygens (including phenoxy) is 1. The van der Waals surface area contributed by atoms with Crippen LogP contribution in [0.5, 0.6) is 11.5 Å². The van der Waals surface area contributed by atoms with E-state index in [1.165, 1.54) is 0 Å². The Morgan fingerprint density at radius 3 is 2.22 bits per heavy atom. The molecule has 0 aliphatic rings. The minimum Gasteiger partial charge on any atom is -0.457 e. The maximum absolute atomic E-state index is 12.8. The summed E-state index contributed by atoms with van der Waals surface area (Å²) in [6, 6.07) is 24.8. The molecule has 1 heterocycles. The average Bonchev–Trinajstić information content (AvgIpc) is 2.70. The van der Waals surface area contributed by atoms with Crippen LogP contribution in [0.15, 0.2) is 96.0 Å². The van der Waals surface area contributed by atoms with Crippen LogP contribution in [-0.2, 0) is 10.0 Å². The van der Waals surface area contributed by atoms with Gasteiger partial charge in [-0.05, 0) is 48.5 Å². The maximum Gasteiger partial charge on any atom is 0.264 e. The number of aromatic nitrogens is 1. The summed E-state index contributed by atoms with van der Waals surface area (Å²) in [4.78, 5) is 4.35. The summed E-state index contributed by atoms with van der Waals surface area (Å²) < 4.78 is 33.9. The van der Waals surface area contributed by atoms with Crippen molar-refractivity contribution in [3.8, 4) is 11.5 Å². The number of nitrogens with zero attached hydrogens (tertiary/aromatic N) is 1. The van der Waals surface area contributed by atoms with Crippen LogP contribution in [0.2, 0.25) is 0 Å². The highest BCUT2D eigenvalue weighted by molar-refractivity contribution is 7.93. The first-order chi connectivity index (χ1) is 13.1. The molecule has 0 aliphatic carbocycles. The lowest BCUT2D eigenvalue weighted by atomic mass is 10.2. The third-order valence-corrected chi connectivity index (χ3v) is 5.38. The molecule has 4 rings (SSSR count). The predicted molar refractivity (Wildman–Crippen MR) is 106 cm³/mol. The van der Waals surface area contributed by atoms with Gasteiger partial charge in [-0.1, -0.05) is 36.4 Å². The van der Waals surface area contributed by atoms with Crippen LogP contribution >= 0.6 is 0 Å². The van der Waals surface area contributed by atoms with Crippen LogP contribution in [0.1, 0.15) is 0 Å². The zero-order chi connectivity index (χ0) is 18.7. The molecule has 0 bridgehead atoms. The lowest BCUT2D eigenvalue weighted by molar-refractivity contribution is 0.483. The number of fused-ring (bicyclic) bond motifs is 1. The van der Waals surface area contributed by atoms with Crippen molar-refractivity contribution in [2.75, 3.05) is 4.72 Å². The Kier molecular flexibility index (Phi) is 4.48. The van der Waals surface area contributed by atoms with Crippen molar-refractivity contribution in [3.05, 3.63) is 91.1 Å². The van der Waals surface area contributed by atoms with E-state index in [2.05, 4.69) is 9.71 Å². The average molecular weight is 376 g/mol. The predicted octanol–water partition coefficient (Wildman–Crippen LogP) is 4.83. The van der Waals surface area contributed by atoms with Gasteiger partial charge in [-0.3, -0.25) is 9.71 Å². The quantitative estimate of drug-likeness (QED) is 0.542. The van der Waals surface area contributed by atoms with Gasteiger partial charge >= 0.3 is 0 Å². The number of para-hydroxylation sites is 2. The van der Waals surface area contributed by atoms with Gasteiger partial charge in [0.2, 0.25) is 0 Å². The molecule has 0 amide bonds. The molecule has 3 aromatic carbocycles. The van der Waals surface area contributed by atoms with E-state index < -0.39 is 10.0 Å². The van der Waals surface area contributed by atoms with Crippen molar-refractivity contribution in [1.82, 2.24) is 4.98 Å². The molecular weight excluding hydrogens is 360 g/mol. The Balaban J connectivity index is 1.57. The van der Waals surface area contributed by atoms with Crippen molar-refractivity contribution >= 4 is 26.6 Å². The normalized spacial score (nSPS) is 11.3. The van der Waals surface area contributed by atoms with Crippen LogP contribution in [0, 0.1) is 0 Å². The zero-order valence-corrected chi connectivity index (χ0v) is 15.1. The fraction of sp³-hybridized carbons (Fsp3) is 0. The highest BCUT2D eigenvalue weighted by atomic mass is 32.2. The second kappa shape index (κ2) is 7.09. The summed E-state index contributed by atoms with van der Waals surface area (Å²) in [7, 11) is -3.76. The minimum absolute atomic E-state index is 0.144. The van der Waals surface area contributed by atoms with Gasteiger partial charge in [-0.25, -0.2) is 8.42 Å². The molecule has 0 spiro atoms. The summed E-state index contributed by atoms with van der Waals surface area (Å²) in [6.45, 7) is 0. The van der Waals surface area contributed by atoms with Gasteiger partial charge in [0.05, 0.1) is 5.52 Å². The standard InChI is InChI=1S/C21H16N2O3S/c24-27(25,20-10-4-6-16-7-5-15-22-21(16)20)23-17-11-13-19(14-12-17)26-18-8-2-1-3-9-18/h1-15,23H. The van der Waals surface area contributed by atoms with E-state index >= 15 is 0 Å². The van der Waals surface area contributed by atoms with Crippen LogP contribution in [0.25, 0.3) is 10.9 Å². The van der Waals surface area contributed by atoms with E-state index in [1.807, 2.05) is 42.5 Å².